The van der Waals surface area contributed by atoms with Gasteiger partial charge in [0.1, 0.15) is 0 Å². The van der Waals surface area contributed by atoms with Crippen LogP contribution < -0.4 is 10.6 Å². The zero-order valence-corrected chi connectivity index (χ0v) is 14.0. The van der Waals surface area contributed by atoms with E-state index in [4.69, 9.17) is 5.11 Å². The van der Waals surface area contributed by atoms with Crippen LogP contribution in [-0.4, -0.2) is 24.2 Å². The van der Waals surface area contributed by atoms with Crippen molar-refractivity contribution in [1.29, 1.82) is 0 Å². The fraction of sp³-hybridized carbons (Fsp3) is 0.353. The van der Waals surface area contributed by atoms with Crippen LogP contribution >= 0.6 is 11.3 Å². The first-order valence-electron chi connectivity index (χ1n) is 7.34. The molecule has 1 amide bonds. The molecule has 5 heteroatoms. The SMILES string of the molecule is Cc1ccc(C(C)Nc2cccc(C(=O)NCCO)c2C)s1. The van der Waals surface area contributed by atoms with Gasteiger partial charge in [0, 0.05) is 27.5 Å². The van der Waals surface area contributed by atoms with Gasteiger partial charge in [0.15, 0.2) is 0 Å². The Kier molecular flexibility index (Phi) is 5.57. The van der Waals surface area contributed by atoms with Gasteiger partial charge >= 0.3 is 0 Å². The molecule has 22 heavy (non-hydrogen) atoms. The maximum Gasteiger partial charge on any atom is 0.251 e. The third kappa shape index (κ3) is 3.87. The highest BCUT2D eigenvalue weighted by Crippen LogP contribution is 2.28. The summed E-state index contributed by atoms with van der Waals surface area (Å²) in [5.41, 5.74) is 2.50. The van der Waals surface area contributed by atoms with Crippen molar-refractivity contribution < 1.29 is 9.90 Å². The maximum absolute atomic E-state index is 12.1. The number of amides is 1. The van der Waals surface area contributed by atoms with E-state index in [1.165, 1.54) is 9.75 Å². The molecule has 3 N–H and O–H groups in total. The van der Waals surface area contributed by atoms with E-state index < -0.39 is 0 Å². The smallest absolute Gasteiger partial charge is 0.251 e. The number of rotatable bonds is 6. The number of thiophene rings is 1. The Morgan fingerprint density at radius 2 is 2.05 bits per heavy atom. The zero-order chi connectivity index (χ0) is 16.1. The molecule has 0 spiro atoms. The van der Waals surface area contributed by atoms with Gasteiger partial charge in [-0.05, 0) is 50.6 Å². The van der Waals surface area contributed by atoms with E-state index in [1.54, 1.807) is 17.4 Å². The summed E-state index contributed by atoms with van der Waals surface area (Å²) in [4.78, 5) is 14.6. The van der Waals surface area contributed by atoms with Crippen molar-refractivity contribution in [2.24, 2.45) is 0 Å². The molecule has 1 heterocycles. The van der Waals surface area contributed by atoms with Gasteiger partial charge in [0.2, 0.25) is 0 Å². The van der Waals surface area contributed by atoms with E-state index in [2.05, 4.69) is 36.6 Å². The van der Waals surface area contributed by atoms with Gasteiger partial charge < -0.3 is 15.7 Å². The Morgan fingerprint density at radius 1 is 1.27 bits per heavy atom. The first-order chi connectivity index (χ1) is 10.5. The number of anilines is 1. The molecule has 0 aliphatic rings. The predicted molar refractivity (Wildman–Crippen MR) is 91.7 cm³/mol. The molecule has 0 saturated carbocycles. The molecule has 0 bridgehead atoms. The van der Waals surface area contributed by atoms with E-state index in [0.717, 1.165) is 11.3 Å². The molecule has 0 aliphatic heterocycles. The first kappa shape index (κ1) is 16.5. The minimum Gasteiger partial charge on any atom is -0.395 e. The van der Waals surface area contributed by atoms with Gasteiger partial charge in [0.25, 0.3) is 5.91 Å². The summed E-state index contributed by atoms with van der Waals surface area (Å²) >= 11 is 1.77. The number of nitrogens with one attached hydrogen (secondary N) is 2. The zero-order valence-electron chi connectivity index (χ0n) is 13.1. The molecule has 1 atom stereocenters. The molecule has 1 aromatic carbocycles. The Bertz CT molecular complexity index is 652. The molecule has 4 nitrogen and oxygen atoms in total. The first-order valence-corrected chi connectivity index (χ1v) is 8.16. The normalized spacial score (nSPS) is 12.0. The third-order valence-electron chi connectivity index (χ3n) is 3.54. The Hall–Kier alpha value is -1.85. The van der Waals surface area contributed by atoms with Crippen molar-refractivity contribution in [2.45, 2.75) is 26.8 Å². The van der Waals surface area contributed by atoms with Crippen LogP contribution in [0.5, 0.6) is 0 Å². The second-order valence-corrected chi connectivity index (χ2v) is 6.59. The van der Waals surface area contributed by atoms with Crippen LogP contribution in [0.1, 0.15) is 38.6 Å². The summed E-state index contributed by atoms with van der Waals surface area (Å²) < 4.78 is 0. The van der Waals surface area contributed by atoms with Crippen LogP contribution in [0.15, 0.2) is 30.3 Å². The third-order valence-corrected chi connectivity index (χ3v) is 4.72. The van der Waals surface area contributed by atoms with Crippen LogP contribution in [0.2, 0.25) is 0 Å². The Labute approximate surface area is 135 Å². The van der Waals surface area contributed by atoms with E-state index in [9.17, 15) is 4.79 Å². The molecular weight excluding hydrogens is 296 g/mol. The van der Waals surface area contributed by atoms with Gasteiger partial charge in [-0.15, -0.1) is 11.3 Å². The van der Waals surface area contributed by atoms with Crippen molar-refractivity contribution >= 4 is 22.9 Å². The molecule has 2 aromatic rings. The average molecular weight is 318 g/mol. The molecule has 118 valence electrons. The van der Waals surface area contributed by atoms with Crippen molar-refractivity contribution in [1.82, 2.24) is 5.32 Å². The summed E-state index contributed by atoms with van der Waals surface area (Å²) in [6.45, 7) is 6.35. The highest BCUT2D eigenvalue weighted by atomic mass is 32.1. The summed E-state index contributed by atoms with van der Waals surface area (Å²) in [5.74, 6) is -0.158. The van der Waals surface area contributed by atoms with Gasteiger partial charge in [-0.2, -0.15) is 0 Å². The fourth-order valence-electron chi connectivity index (χ4n) is 2.29. The number of aliphatic hydroxyl groups is 1. The molecule has 1 aromatic heterocycles. The second-order valence-electron chi connectivity index (χ2n) is 5.27. The molecule has 0 radical (unpaired) electrons. The number of carbonyl (C=O) groups excluding carboxylic acids is 1. The second kappa shape index (κ2) is 7.42. The lowest BCUT2D eigenvalue weighted by Gasteiger charge is -2.17. The van der Waals surface area contributed by atoms with E-state index in [-0.39, 0.29) is 25.1 Å². The minimum absolute atomic E-state index is 0.0580. The standard InChI is InChI=1S/C17H22N2O2S/c1-11-7-8-16(22-11)13(3)19-15-6-4-5-14(12(15)2)17(21)18-9-10-20/h4-8,13,19-20H,9-10H2,1-3H3,(H,18,21). The van der Waals surface area contributed by atoms with Crippen molar-refractivity contribution in [2.75, 3.05) is 18.5 Å². The number of aryl methyl sites for hydroxylation is 1. The van der Waals surface area contributed by atoms with Crippen LogP contribution in [0.3, 0.4) is 0 Å². The van der Waals surface area contributed by atoms with Crippen LogP contribution in [0, 0.1) is 13.8 Å². The minimum atomic E-state index is -0.158. The highest BCUT2D eigenvalue weighted by Gasteiger charge is 2.14. The van der Waals surface area contributed by atoms with Gasteiger partial charge in [-0.3, -0.25) is 4.79 Å². The lowest BCUT2D eigenvalue weighted by atomic mass is 10.1. The quantitative estimate of drug-likeness (QED) is 0.766. The number of aliphatic hydroxyl groups excluding tert-OH is 1. The lowest BCUT2D eigenvalue weighted by Crippen LogP contribution is -2.27. The van der Waals surface area contributed by atoms with Gasteiger partial charge in [-0.1, -0.05) is 6.07 Å². The monoisotopic (exact) mass is 318 g/mol. The van der Waals surface area contributed by atoms with E-state index in [1.807, 2.05) is 19.1 Å². The Morgan fingerprint density at radius 3 is 2.68 bits per heavy atom. The molecule has 0 aliphatic carbocycles. The summed E-state index contributed by atoms with van der Waals surface area (Å²) in [7, 11) is 0. The van der Waals surface area contributed by atoms with Crippen molar-refractivity contribution in [3.63, 3.8) is 0 Å². The van der Waals surface area contributed by atoms with Crippen LogP contribution in [0.4, 0.5) is 5.69 Å². The molecule has 0 saturated heterocycles. The van der Waals surface area contributed by atoms with Crippen molar-refractivity contribution in [3.05, 3.63) is 51.2 Å². The average Bonchev–Trinajstić information content (AvgIpc) is 2.93. The Balaban J connectivity index is 2.16. The van der Waals surface area contributed by atoms with E-state index >= 15 is 0 Å². The number of hydrogen-bond donors (Lipinski definition) is 3. The molecule has 2 rings (SSSR count). The molecular formula is C17H22N2O2S. The molecule has 1 unspecified atom stereocenters. The van der Waals surface area contributed by atoms with E-state index in [0.29, 0.717) is 5.56 Å². The topological polar surface area (TPSA) is 61.4 Å². The van der Waals surface area contributed by atoms with Crippen molar-refractivity contribution in [3.8, 4) is 0 Å². The summed E-state index contributed by atoms with van der Waals surface area (Å²) in [5, 5.41) is 15.0. The number of carbonyl (C=O) groups is 1. The van der Waals surface area contributed by atoms with Gasteiger partial charge in [-0.25, -0.2) is 0 Å². The molecule has 0 fully saturated rings. The van der Waals surface area contributed by atoms with Gasteiger partial charge in [0.05, 0.1) is 12.6 Å². The maximum atomic E-state index is 12.1. The summed E-state index contributed by atoms with van der Waals surface area (Å²) in [6, 6.07) is 10.1. The lowest BCUT2D eigenvalue weighted by molar-refractivity contribution is 0.0944. The fourth-order valence-corrected chi connectivity index (χ4v) is 3.17. The van der Waals surface area contributed by atoms with Crippen LogP contribution in [0.25, 0.3) is 0 Å². The number of benzene rings is 1. The highest BCUT2D eigenvalue weighted by molar-refractivity contribution is 7.12. The predicted octanol–water partition coefficient (Wildman–Crippen LogP) is 3.26. The number of hydrogen-bond acceptors (Lipinski definition) is 4. The largest absolute Gasteiger partial charge is 0.395 e. The van der Waals surface area contributed by atoms with Crippen LogP contribution in [-0.2, 0) is 0 Å². The summed E-state index contributed by atoms with van der Waals surface area (Å²) in [6.07, 6.45) is 0.